The van der Waals surface area contributed by atoms with Crippen molar-refractivity contribution in [3.63, 3.8) is 0 Å². The Kier molecular flexibility index (Phi) is 2.36. The largest absolute Gasteiger partial charge is 0.399 e. The molecule has 2 rings (SSSR count). The molecule has 0 radical (unpaired) electrons. The first-order valence-electron chi connectivity index (χ1n) is 4.02. The summed E-state index contributed by atoms with van der Waals surface area (Å²) >= 11 is 3.23. The topological polar surface area (TPSA) is 49.8 Å². The van der Waals surface area contributed by atoms with Crippen molar-refractivity contribution < 1.29 is 0 Å². The van der Waals surface area contributed by atoms with E-state index < -0.39 is 0 Å². The van der Waals surface area contributed by atoms with Crippen molar-refractivity contribution in [2.24, 2.45) is 0 Å². The molecule has 1 aromatic heterocycles. The molecule has 0 aliphatic carbocycles. The number of hydrogen-bond donors (Lipinski definition) is 1. The maximum Gasteiger partial charge on any atom is 0.102 e. The van der Waals surface area contributed by atoms with Crippen LogP contribution in [0.25, 0.3) is 10.1 Å². The van der Waals surface area contributed by atoms with Crippen molar-refractivity contribution in [3.8, 4) is 6.07 Å². The molecule has 0 amide bonds. The van der Waals surface area contributed by atoms with E-state index in [1.165, 1.54) is 0 Å². The van der Waals surface area contributed by atoms with Gasteiger partial charge in [0.2, 0.25) is 0 Å². The van der Waals surface area contributed by atoms with Crippen LogP contribution in [-0.4, -0.2) is 6.26 Å². The van der Waals surface area contributed by atoms with E-state index in [-0.39, 0.29) is 0 Å². The molecule has 0 saturated carbocycles. The second-order valence-corrected chi connectivity index (χ2v) is 4.96. The van der Waals surface area contributed by atoms with Gasteiger partial charge in [0.1, 0.15) is 6.07 Å². The fourth-order valence-electron chi connectivity index (χ4n) is 1.34. The molecule has 4 heteroatoms. The van der Waals surface area contributed by atoms with Crippen LogP contribution >= 0.6 is 23.1 Å². The molecule has 1 aromatic carbocycles. The van der Waals surface area contributed by atoms with Crippen LogP contribution < -0.4 is 5.73 Å². The zero-order valence-corrected chi connectivity index (χ0v) is 9.21. The Morgan fingerprint density at radius 2 is 2.29 bits per heavy atom. The number of nitrogens with zero attached hydrogens (tertiary/aromatic N) is 1. The molecular weight excluding hydrogens is 212 g/mol. The predicted octanol–water partition coefficient (Wildman–Crippen LogP) is 3.08. The summed E-state index contributed by atoms with van der Waals surface area (Å²) in [7, 11) is 0. The van der Waals surface area contributed by atoms with Gasteiger partial charge in [0.25, 0.3) is 0 Å². The summed E-state index contributed by atoms with van der Waals surface area (Å²) in [6.45, 7) is 0. The molecule has 0 aliphatic rings. The minimum absolute atomic E-state index is 0.746. The lowest BCUT2D eigenvalue weighted by Gasteiger charge is -1.92. The predicted molar refractivity (Wildman–Crippen MR) is 62.7 cm³/mol. The first kappa shape index (κ1) is 9.38. The van der Waals surface area contributed by atoms with E-state index in [4.69, 9.17) is 11.0 Å². The summed E-state index contributed by atoms with van der Waals surface area (Å²) in [5, 5.41) is 10.0. The van der Waals surface area contributed by atoms with Crippen LogP contribution in [0.4, 0.5) is 5.69 Å². The van der Waals surface area contributed by atoms with E-state index in [9.17, 15) is 0 Å². The molecule has 2 aromatic rings. The Hall–Kier alpha value is -1.18. The van der Waals surface area contributed by atoms with Gasteiger partial charge in [-0.1, -0.05) is 6.07 Å². The van der Waals surface area contributed by atoms with Crippen molar-refractivity contribution in [2.45, 2.75) is 4.21 Å². The molecule has 0 unspecified atom stereocenters. The van der Waals surface area contributed by atoms with Crippen molar-refractivity contribution in [3.05, 3.63) is 23.8 Å². The van der Waals surface area contributed by atoms with Gasteiger partial charge in [-0.15, -0.1) is 23.1 Å². The van der Waals surface area contributed by atoms with Crippen molar-refractivity contribution in [1.82, 2.24) is 0 Å². The number of thiophene rings is 1. The van der Waals surface area contributed by atoms with Gasteiger partial charge < -0.3 is 5.73 Å². The Morgan fingerprint density at radius 3 is 2.93 bits per heavy atom. The Balaban J connectivity index is 2.81. The minimum atomic E-state index is 0.746. The molecule has 0 atom stereocenters. The van der Waals surface area contributed by atoms with Gasteiger partial charge in [-0.3, -0.25) is 0 Å². The van der Waals surface area contributed by atoms with Gasteiger partial charge in [-0.2, -0.15) is 5.26 Å². The van der Waals surface area contributed by atoms with Crippen LogP contribution in [0.3, 0.4) is 0 Å². The van der Waals surface area contributed by atoms with Gasteiger partial charge in [-0.25, -0.2) is 0 Å². The first-order chi connectivity index (χ1) is 6.76. The number of thioether (sulfide) groups is 1. The number of rotatable bonds is 1. The summed E-state index contributed by atoms with van der Waals surface area (Å²) in [5.41, 5.74) is 7.20. The third-order valence-corrected chi connectivity index (χ3v) is 4.25. The number of nitrogens with two attached hydrogens (primary N) is 1. The highest BCUT2D eigenvalue weighted by atomic mass is 32.2. The van der Waals surface area contributed by atoms with Gasteiger partial charge in [-0.05, 0) is 18.4 Å². The van der Waals surface area contributed by atoms with E-state index in [0.717, 1.165) is 25.5 Å². The third kappa shape index (κ3) is 1.35. The number of nitrogen functional groups attached to an aromatic ring is 1. The van der Waals surface area contributed by atoms with Crippen molar-refractivity contribution >= 4 is 38.9 Å². The summed E-state index contributed by atoms with van der Waals surface area (Å²) in [4.78, 5) is 0. The van der Waals surface area contributed by atoms with E-state index in [1.807, 2.05) is 24.5 Å². The average molecular weight is 220 g/mol. The number of hydrogen-bond acceptors (Lipinski definition) is 4. The Labute approximate surface area is 90.3 Å². The van der Waals surface area contributed by atoms with Crippen LogP contribution in [-0.2, 0) is 0 Å². The number of nitriles is 1. The number of anilines is 1. The average Bonchev–Trinajstić information content (AvgIpc) is 2.54. The standard InChI is InChI=1S/C10H8N2S2/c1-13-10-8(5-11)7-3-2-6(12)4-9(7)14-10/h2-4H,12H2,1H3. The lowest BCUT2D eigenvalue weighted by atomic mass is 10.2. The SMILES string of the molecule is CSc1sc2cc(N)ccc2c1C#N. The smallest absolute Gasteiger partial charge is 0.102 e. The molecule has 0 spiro atoms. The molecule has 0 saturated heterocycles. The molecular formula is C10H8N2S2. The van der Waals surface area contributed by atoms with E-state index in [0.29, 0.717) is 0 Å². The van der Waals surface area contributed by atoms with Gasteiger partial charge in [0.15, 0.2) is 0 Å². The van der Waals surface area contributed by atoms with E-state index in [2.05, 4.69) is 6.07 Å². The van der Waals surface area contributed by atoms with Crippen molar-refractivity contribution in [2.75, 3.05) is 12.0 Å². The summed E-state index contributed by atoms with van der Waals surface area (Å²) < 4.78 is 2.15. The fraction of sp³-hybridized carbons (Fsp3) is 0.100. The second kappa shape index (κ2) is 3.52. The molecule has 1 heterocycles. The monoisotopic (exact) mass is 220 g/mol. The Morgan fingerprint density at radius 1 is 1.50 bits per heavy atom. The van der Waals surface area contributed by atoms with Gasteiger partial charge >= 0.3 is 0 Å². The minimum Gasteiger partial charge on any atom is -0.399 e. The molecule has 0 fully saturated rings. The van der Waals surface area contributed by atoms with Crippen LogP contribution in [0.15, 0.2) is 22.4 Å². The van der Waals surface area contributed by atoms with Crippen LogP contribution in [0.5, 0.6) is 0 Å². The lowest BCUT2D eigenvalue weighted by molar-refractivity contribution is 1.48. The summed E-state index contributed by atoms with van der Waals surface area (Å²) in [5.74, 6) is 0. The number of fused-ring (bicyclic) bond motifs is 1. The molecule has 0 bridgehead atoms. The zero-order valence-electron chi connectivity index (χ0n) is 7.57. The molecule has 70 valence electrons. The maximum atomic E-state index is 9.02. The highest BCUT2D eigenvalue weighted by Crippen LogP contribution is 2.37. The maximum absolute atomic E-state index is 9.02. The first-order valence-corrected chi connectivity index (χ1v) is 6.06. The highest BCUT2D eigenvalue weighted by Gasteiger charge is 2.10. The van der Waals surface area contributed by atoms with Gasteiger partial charge in [0, 0.05) is 15.8 Å². The van der Waals surface area contributed by atoms with E-state index >= 15 is 0 Å². The van der Waals surface area contributed by atoms with Crippen LogP contribution in [0, 0.1) is 11.3 Å². The Bertz CT molecular complexity index is 523. The molecule has 0 aliphatic heterocycles. The van der Waals surface area contributed by atoms with Gasteiger partial charge in [0.05, 0.1) is 9.77 Å². The highest BCUT2D eigenvalue weighted by molar-refractivity contribution is 8.00. The molecule has 2 nitrogen and oxygen atoms in total. The second-order valence-electron chi connectivity index (χ2n) is 2.84. The molecule has 14 heavy (non-hydrogen) atoms. The number of benzene rings is 1. The van der Waals surface area contributed by atoms with Crippen LogP contribution in [0.1, 0.15) is 5.56 Å². The van der Waals surface area contributed by atoms with E-state index in [1.54, 1.807) is 23.1 Å². The third-order valence-electron chi connectivity index (χ3n) is 1.98. The van der Waals surface area contributed by atoms with Crippen molar-refractivity contribution in [1.29, 1.82) is 5.26 Å². The fourth-order valence-corrected chi connectivity index (χ4v) is 3.24. The lowest BCUT2D eigenvalue weighted by Crippen LogP contribution is -1.81. The summed E-state index contributed by atoms with van der Waals surface area (Å²) in [6.07, 6.45) is 1.98. The molecule has 2 N–H and O–H groups in total. The summed E-state index contributed by atoms with van der Waals surface area (Å²) in [6, 6.07) is 7.90. The normalized spacial score (nSPS) is 10.3. The zero-order chi connectivity index (χ0) is 10.1. The van der Waals surface area contributed by atoms with Crippen LogP contribution in [0.2, 0.25) is 0 Å². The quantitative estimate of drug-likeness (QED) is 0.593.